The highest BCUT2D eigenvalue weighted by Gasteiger charge is 2.18. The standard InChI is InChI=1S/C19H18BrN5O3S/c1-9-13(23-18(28-9)12-7-11(20)5-6-14(12)27-4)8-29-19-24-15-16(25(19)3)21-10(2)22-17(15)26/h5-7H,8H2,1-4H3,(H,21,22,26). The van der Waals surface area contributed by atoms with Gasteiger partial charge in [-0.25, -0.2) is 15.0 Å². The zero-order valence-corrected chi connectivity index (χ0v) is 18.6. The molecule has 29 heavy (non-hydrogen) atoms. The molecule has 0 saturated heterocycles. The number of hydrogen-bond donors (Lipinski definition) is 1. The van der Waals surface area contributed by atoms with Crippen LogP contribution in [0.25, 0.3) is 22.6 Å². The number of H-pyrrole nitrogens is 1. The van der Waals surface area contributed by atoms with Crippen LogP contribution in [0.15, 0.2) is 37.0 Å². The number of rotatable bonds is 5. The van der Waals surface area contributed by atoms with Crippen molar-refractivity contribution in [2.45, 2.75) is 24.8 Å². The lowest BCUT2D eigenvalue weighted by Crippen LogP contribution is -2.10. The molecule has 0 bridgehead atoms. The highest BCUT2D eigenvalue weighted by Crippen LogP contribution is 2.34. The number of halogens is 1. The number of hydrogen-bond acceptors (Lipinski definition) is 7. The number of aromatic nitrogens is 5. The normalized spacial score (nSPS) is 11.3. The quantitative estimate of drug-likeness (QED) is 0.435. The minimum atomic E-state index is -0.239. The van der Waals surface area contributed by atoms with Gasteiger partial charge in [-0.3, -0.25) is 4.79 Å². The first-order valence-corrected chi connectivity index (χ1v) is 10.5. The van der Waals surface area contributed by atoms with Gasteiger partial charge in [-0.1, -0.05) is 27.7 Å². The van der Waals surface area contributed by atoms with E-state index in [1.54, 1.807) is 14.0 Å². The third-order valence-corrected chi connectivity index (χ3v) is 5.96. The molecule has 3 aromatic heterocycles. The number of imidazole rings is 1. The molecule has 150 valence electrons. The van der Waals surface area contributed by atoms with Crippen LogP contribution in [0.1, 0.15) is 17.3 Å². The SMILES string of the molecule is COc1ccc(Br)cc1-c1nc(CSc2nc3c(=O)[nH]c(C)nc3n2C)c(C)o1. The smallest absolute Gasteiger partial charge is 0.279 e. The molecule has 0 unspecified atom stereocenters. The fourth-order valence-electron chi connectivity index (χ4n) is 2.95. The Morgan fingerprint density at radius 2 is 2.07 bits per heavy atom. The van der Waals surface area contributed by atoms with Gasteiger partial charge in [0.25, 0.3) is 5.56 Å². The monoisotopic (exact) mass is 475 g/mol. The molecular formula is C19H18BrN5O3S. The van der Waals surface area contributed by atoms with E-state index in [1.807, 2.05) is 36.7 Å². The fraction of sp³-hybridized carbons (Fsp3) is 0.263. The molecule has 4 rings (SSSR count). The molecule has 1 aromatic carbocycles. The van der Waals surface area contributed by atoms with Crippen molar-refractivity contribution >= 4 is 38.9 Å². The van der Waals surface area contributed by atoms with Crippen molar-refractivity contribution in [3.63, 3.8) is 0 Å². The Labute approximate surface area is 178 Å². The molecular weight excluding hydrogens is 458 g/mol. The Morgan fingerprint density at radius 3 is 2.83 bits per heavy atom. The van der Waals surface area contributed by atoms with E-state index in [4.69, 9.17) is 9.15 Å². The molecule has 0 aliphatic heterocycles. The average molecular weight is 476 g/mol. The number of fused-ring (bicyclic) bond motifs is 1. The highest BCUT2D eigenvalue weighted by molar-refractivity contribution is 9.10. The Hall–Kier alpha value is -2.59. The van der Waals surface area contributed by atoms with E-state index >= 15 is 0 Å². The summed E-state index contributed by atoms with van der Waals surface area (Å²) in [4.78, 5) is 28.3. The van der Waals surface area contributed by atoms with Crippen LogP contribution < -0.4 is 10.3 Å². The predicted molar refractivity (Wildman–Crippen MR) is 114 cm³/mol. The lowest BCUT2D eigenvalue weighted by atomic mass is 10.2. The fourth-order valence-corrected chi connectivity index (χ4v) is 4.28. The second kappa shape index (κ2) is 7.68. The number of methoxy groups -OCH3 is 1. The van der Waals surface area contributed by atoms with Crippen molar-refractivity contribution in [3.05, 3.63) is 50.3 Å². The number of aryl methyl sites for hydroxylation is 3. The summed E-state index contributed by atoms with van der Waals surface area (Å²) in [6.07, 6.45) is 0. The second-order valence-electron chi connectivity index (χ2n) is 6.43. The molecule has 0 fully saturated rings. The maximum absolute atomic E-state index is 12.1. The summed E-state index contributed by atoms with van der Waals surface area (Å²) < 4.78 is 14.0. The summed E-state index contributed by atoms with van der Waals surface area (Å²) in [6, 6.07) is 5.67. The van der Waals surface area contributed by atoms with Gasteiger partial charge in [0.2, 0.25) is 5.89 Å². The number of ether oxygens (including phenoxy) is 1. The Kier molecular flexibility index (Phi) is 5.22. The minimum absolute atomic E-state index is 0.239. The van der Waals surface area contributed by atoms with Crippen molar-refractivity contribution in [1.82, 2.24) is 24.5 Å². The molecule has 0 saturated carbocycles. The van der Waals surface area contributed by atoms with E-state index in [9.17, 15) is 4.79 Å². The number of nitrogens with zero attached hydrogens (tertiary/aromatic N) is 4. The van der Waals surface area contributed by atoms with Crippen LogP contribution in [0.4, 0.5) is 0 Å². The zero-order chi connectivity index (χ0) is 20.7. The van der Waals surface area contributed by atoms with Crippen LogP contribution in [0.2, 0.25) is 0 Å². The molecule has 8 nitrogen and oxygen atoms in total. The topological polar surface area (TPSA) is 98.8 Å². The van der Waals surface area contributed by atoms with Gasteiger partial charge in [0.15, 0.2) is 16.3 Å². The molecule has 0 radical (unpaired) electrons. The van der Waals surface area contributed by atoms with E-state index in [1.165, 1.54) is 11.8 Å². The molecule has 0 atom stereocenters. The Morgan fingerprint density at radius 1 is 1.28 bits per heavy atom. The predicted octanol–water partition coefficient (Wildman–Crippen LogP) is 3.99. The Bertz CT molecular complexity index is 1280. The minimum Gasteiger partial charge on any atom is -0.496 e. The van der Waals surface area contributed by atoms with Crippen molar-refractivity contribution in [2.75, 3.05) is 7.11 Å². The van der Waals surface area contributed by atoms with E-state index in [0.29, 0.717) is 39.5 Å². The van der Waals surface area contributed by atoms with E-state index in [-0.39, 0.29) is 5.56 Å². The van der Waals surface area contributed by atoms with Gasteiger partial charge < -0.3 is 18.7 Å². The van der Waals surface area contributed by atoms with Gasteiger partial charge in [-0.2, -0.15) is 0 Å². The van der Waals surface area contributed by atoms with Crippen molar-refractivity contribution in [1.29, 1.82) is 0 Å². The van der Waals surface area contributed by atoms with Crippen molar-refractivity contribution in [2.24, 2.45) is 7.05 Å². The maximum Gasteiger partial charge on any atom is 0.279 e. The number of aromatic amines is 1. The third-order valence-electron chi connectivity index (χ3n) is 4.43. The number of nitrogens with one attached hydrogen (secondary N) is 1. The van der Waals surface area contributed by atoms with Crippen molar-refractivity contribution in [3.8, 4) is 17.2 Å². The largest absolute Gasteiger partial charge is 0.496 e. The first kappa shape index (κ1) is 19.7. The summed E-state index contributed by atoms with van der Waals surface area (Å²) in [5.41, 5.74) is 2.23. The summed E-state index contributed by atoms with van der Waals surface area (Å²) in [5, 5.41) is 0.688. The molecule has 0 amide bonds. The van der Waals surface area contributed by atoms with E-state index in [0.717, 1.165) is 21.5 Å². The molecule has 3 heterocycles. The van der Waals surface area contributed by atoms with Crippen LogP contribution in [-0.4, -0.2) is 31.6 Å². The molecule has 4 aromatic rings. The van der Waals surface area contributed by atoms with E-state index in [2.05, 4.69) is 35.9 Å². The van der Waals surface area contributed by atoms with E-state index < -0.39 is 0 Å². The van der Waals surface area contributed by atoms with Crippen LogP contribution in [-0.2, 0) is 12.8 Å². The zero-order valence-electron chi connectivity index (χ0n) is 16.2. The van der Waals surface area contributed by atoms with Crippen molar-refractivity contribution < 1.29 is 9.15 Å². The van der Waals surface area contributed by atoms with Crippen LogP contribution in [0, 0.1) is 13.8 Å². The molecule has 0 aliphatic carbocycles. The average Bonchev–Trinajstić information content (AvgIpc) is 3.20. The number of oxazole rings is 1. The van der Waals surface area contributed by atoms with Gasteiger partial charge in [0, 0.05) is 17.3 Å². The van der Waals surface area contributed by atoms with Gasteiger partial charge in [-0.15, -0.1) is 0 Å². The second-order valence-corrected chi connectivity index (χ2v) is 8.29. The Balaban J connectivity index is 1.63. The van der Waals surface area contributed by atoms with Crippen LogP contribution in [0.5, 0.6) is 5.75 Å². The van der Waals surface area contributed by atoms with Crippen LogP contribution in [0.3, 0.4) is 0 Å². The number of benzene rings is 1. The van der Waals surface area contributed by atoms with Gasteiger partial charge in [0.05, 0.1) is 18.4 Å². The summed E-state index contributed by atoms with van der Waals surface area (Å²) in [6.45, 7) is 3.62. The first-order chi connectivity index (χ1) is 13.9. The summed E-state index contributed by atoms with van der Waals surface area (Å²) >= 11 is 4.94. The third kappa shape index (κ3) is 3.69. The lowest BCUT2D eigenvalue weighted by Gasteiger charge is -2.05. The lowest BCUT2D eigenvalue weighted by molar-refractivity contribution is 0.414. The summed E-state index contributed by atoms with van der Waals surface area (Å²) in [7, 11) is 3.46. The van der Waals surface area contributed by atoms with Gasteiger partial charge in [-0.05, 0) is 32.0 Å². The molecule has 1 N–H and O–H groups in total. The first-order valence-electron chi connectivity index (χ1n) is 8.73. The van der Waals surface area contributed by atoms with Gasteiger partial charge in [0.1, 0.15) is 17.3 Å². The van der Waals surface area contributed by atoms with Gasteiger partial charge >= 0.3 is 0 Å². The summed E-state index contributed by atoms with van der Waals surface area (Å²) in [5.74, 6) is 3.00. The molecule has 10 heteroatoms. The number of thioether (sulfide) groups is 1. The maximum atomic E-state index is 12.1. The molecule has 0 aliphatic rings. The van der Waals surface area contributed by atoms with Crippen LogP contribution >= 0.6 is 27.7 Å². The molecule has 0 spiro atoms. The highest BCUT2D eigenvalue weighted by atomic mass is 79.9.